The van der Waals surface area contributed by atoms with Crippen LogP contribution < -0.4 is 5.32 Å². The summed E-state index contributed by atoms with van der Waals surface area (Å²) in [5, 5.41) is 3.05. The van der Waals surface area contributed by atoms with Gasteiger partial charge in [-0.1, -0.05) is 38.5 Å². The van der Waals surface area contributed by atoms with Crippen LogP contribution in [0.25, 0.3) is 0 Å². The van der Waals surface area contributed by atoms with Crippen molar-refractivity contribution in [3.63, 3.8) is 0 Å². The van der Waals surface area contributed by atoms with Crippen molar-refractivity contribution in [2.45, 2.75) is 76.3 Å². The predicted molar refractivity (Wildman–Crippen MR) is 71.7 cm³/mol. The molecule has 102 valence electrons. The molecule has 0 heterocycles. The van der Waals surface area contributed by atoms with Crippen molar-refractivity contribution in [2.24, 2.45) is 0 Å². The topological polar surface area (TPSA) is 49.4 Å². The summed E-state index contributed by atoms with van der Waals surface area (Å²) in [6.07, 6.45) is 11.3. The number of urea groups is 1. The highest BCUT2D eigenvalue weighted by molar-refractivity contribution is 7.21. The van der Waals surface area contributed by atoms with Gasteiger partial charge in [0.25, 0.3) is 8.61 Å². The van der Waals surface area contributed by atoms with E-state index < -0.39 is 0 Å². The van der Waals surface area contributed by atoms with Gasteiger partial charge in [-0.15, -0.1) is 0 Å². The van der Waals surface area contributed by atoms with Crippen LogP contribution in [0.3, 0.4) is 0 Å². The Balaban J connectivity index is 1.85. The predicted octanol–water partition coefficient (Wildman–Crippen LogP) is 3.87. The SMILES string of the molecule is O=PN(C(=O)NC1CCCCC1)C1CCCCC1. The molecule has 2 aliphatic carbocycles. The summed E-state index contributed by atoms with van der Waals surface area (Å²) in [6, 6.07) is 0.325. The summed E-state index contributed by atoms with van der Waals surface area (Å²) in [5.74, 6) is 0. The van der Waals surface area contributed by atoms with Gasteiger partial charge in [0, 0.05) is 12.1 Å². The zero-order valence-electron chi connectivity index (χ0n) is 10.9. The Hall–Kier alpha value is -0.630. The molecule has 18 heavy (non-hydrogen) atoms. The van der Waals surface area contributed by atoms with E-state index in [2.05, 4.69) is 5.32 Å². The number of nitrogens with one attached hydrogen (secondary N) is 1. The summed E-state index contributed by atoms with van der Waals surface area (Å²) in [4.78, 5) is 12.1. The molecule has 0 bridgehead atoms. The molecule has 0 aromatic rings. The summed E-state index contributed by atoms with van der Waals surface area (Å²) in [5.41, 5.74) is 0. The largest absolute Gasteiger partial charge is 0.335 e. The summed E-state index contributed by atoms with van der Waals surface area (Å²) in [7, 11) is -0.152. The van der Waals surface area contributed by atoms with Gasteiger partial charge in [-0.05, 0) is 25.7 Å². The average Bonchev–Trinajstić information content (AvgIpc) is 2.42. The summed E-state index contributed by atoms with van der Waals surface area (Å²) < 4.78 is 12.7. The fourth-order valence-corrected chi connectivity index (χ4v) is 3.58. The molecule has 0 saturated heterocycles. The van der Waals surface area contributed by atoms with Crippen LogP contribution in [0.15, 0.2) is 0 Å². The van der Waals surface area contributed by atoms with Gasteiger partial charge in [-0.25, -0.2) is 14.0 Å². The number of hydrogen-bond donors (Lipinski definition) is 1. The first kappa shape index (κ1) is 13.8. The van der Waals surface area contributed by atoms with Crippen molar-refractivity contribution in [2.75, 3.05) is 0 Å². The van der Waals surface area contributed by atoms with Crippen LogP contribution in [0, 0.1) is 0 Å². The number of carbonyl (C=O) groups is 1. The smallest absolute Gasteiger partial charge is 0.327 e. The van der Waals surface area contributed by atoms with E-state index in [-0.39, 0.29) is 20.7 Å². The van der Waals surface area contributed by atoms with Gasteiger partial charge in [-0.3, -0.25) is 0 Å². The third kappa shape index (κ3) is 3.68. The Bertz CT molecular complexity index is 287. The number of rotatable bonds is 3. The Kier molecular flexibility index (Phi) is 5.43. The lowest BCUT2D eigenvalue weighted by Crippen LogP contribution is -2.45. The number of nitrogens with zero attached hydrogens (tertiary/aromatic N) is 1. The van der Waals surface area contributed by atoms with Crippen LogP contribution in [-0.2, 0) is 4.57 Å². The Morgan fingerprint density at radius 3 is 2.06 bits per heavy atom. The first-order valence-corrected chi connectivity index (χ1v) is 8.01. The van der Waals surface area contributed by atoms with Crippen LogP contribution in [-0.4, -0.2) is 22.8 Å². The Labute approximate surface area is 111 Å². The van der Waals surface area contributed by atoms with Crippen molar-refractivity contribution >= 4 is 14.6 Å². The molecule has 2 rings (SSSR count). The normalized spacial score (nSPS) is 22.9. The minimum Gasteiger partial charge on any atom is -0.335 e. The molecule has 0 radical (unpaired) electrons. The van der Waals surface area contributed by atoms with Crippen LogP contribution in [0.1, 0.15) is 64.2 Å². The molecule has 0 atom stereocenters. The van der Waals surface area contributed by atoms with Gasteiger partial charge in [0.2, 0.25) is 0 Å². The van der Waals surface area contributed by atoms with Gasteiger partial charge in [-0.2, -0.15) is 0 Å². The van der Waals surface area contributed by atoms with E-state index in [4.69, 9.17) is 0 Å². The zero-order valence-corrected chi connectivity index (χ0v) is 11.8. The Morgan fingerprint density at radius 1 is 0.944 bits per heavy atom. The van der Waals surface area contributed by atoms with E-state index in [1.54, 1.807) is 0 Å². The third-order valence-corrected chi connectivity index (χ3v) is 4.83. The van der Waals surface area contributed by atoms with Gasteiger partial charge in [0.05, 0.1) is 0 Å². The molecule has 2 aliphatic rings. The molecule has 0 aliphatic heterocycles. The van der Waals surface area contributed by atoms with E-state index in [1.807, 2.05) is 0 Å². The second-order valence-corrected chi connectivity index (χ2v) is 6.10. The molecule has 2 saturated carbocycles. The first-order chi connectivity index (χ1) is 8.81. The monoisotopic (exact) mass is 270 g/mol. The molecule has 2 fully saturated rings. The van der Waals surface area contributed by atoms with E-state index in [9.17, 15) is 9.36 Å². The maximum atomic E-state index is 12.1. The molecule has 2 amide bonds. The number of hydrogen-bond acceptors (Lipinski definition) is 2. The van der Waals surface area contributed by atoms with Gasteiger partial charge in [0.1, 0.15) is 0 Å². The lowest BCUT2D eigenvalue weighted by Gasteiger charge is -2.31. The quantitative estimate of drug-likeness (QED) is 0.791. The van der Waals surface area contributed by atoms with E-state index >= 15 is 0 Å². The van der Waals surface area contributed by atoms with E-state index in [0.29, 0.717) is 6.04 Å². The standard InChI is InChI=1S/C13H23N2O2P/c16-13(14-11-7-3-1-4-8-11)15(18-17)12-9-5-2-6-10-12/h11-12H,1-10H2,(H,14,16). The third-order valence-electron chi connectivity index (χ3n) is 4.15. The minimum atomic E-state index is -0.152. The van der Waals surface area contributed by atoms with Crippen LogP contribution >= 0.6 is 8.61 Å². The van der Waals surface area contributed by atoms with Crippen LogP contribution in [0.4, 0.5) is 4.79 Å². The molecule has 0 aromatic heterocycles. The van der Waals surface area contributed by atoms with E-state index in [1.165, 1.54) is 30.4 Å². The van der Waals surface area contributed by atoms with Crippen molar-refractivity contribution in [1.82, 2.24) is 9.99 Å². The maximum Gasteiger partial charge on any atom is 0.327 e. The fraction of sp³-hybridized carbons (Fsp3) is 0.923. The number of carbonyl (C=O) groups excluding carboxylic acids is 1. The van der Waals surface area contributed by atoms with Crippen molar-refractivity contribution in [3.05, 3.63) is 0 Å². The number of amides is 2. The molecular weight excluding hydrogens is 247 g/mol. The lowest BCUT2D eigenvalue weighted by molar-refractivity contribution is 0.195. The molecule has 5 heteroatoms. The Morgan fingerprint density at radius 2 is 1.50 bits per heavy atom. The molecule has 0 spiro atoms. The van der Waals surface area contributed by atoms with Gasteiger partial charge >= 0.3 is 6.03 Å². The van der Waals surface area contributed by atoms with Crippen molar-refractivity contribution in [3.8, 4) is 0 Å². The zero-order chi connectivity index (χ0) is 12.8. The maximum absolute atomic E-state index is 12.1. The fourth-order valence-electron chi connectivity index (χ4n) is 3.08. The lowest BCUT2D eigenvalue weighted by atomic mass is 9.95. The second-order valence-electron chi connectivity index (χ2n) is 5.50. The minimum absolute atomic E-state index is 0.134. The highest BCUT2D eigenvalue weighted by atomic mass is 31.1. The molecule has 0 unspecified atom stereocenters. The van der Waals surface area contributed by atoms with Crippen LogP contribution in [0.2, 0.25) is 0 Å². The molecule has 0 aromatic carbocycles. The van der Waals surface area contributed by atoms with Gasteiger partial charge < -0.3 is 5.32 Å². The second kappa shape index (κ2) is 7.08. The highest BCUT2D eigenvalue weighted by Gasteiger charge is 2.27. The van der Waals surface area contributed by atoms with Crippen LogP contribution in [0.5, 0.6) is 0 Å². The summed E-state index contributed by atoms with van der Waals surface area (Å²) >= 11 is 0. The molecular formula is C13H23N2O2P. The highest BCUT2D eigenvalue weighted by Crippen LogP contribution is 2.27. The summed E-state index contributed by atoms with van der Waals surface area (Å²) in [6.45, 7) is 0. The van der Waals surface area contributed by atoms with Crippen molar-refractivity contribution in [1.29, 1.82) is 0 Å². The first-order valence-electron chi connectivity index (χ1n) is 7.24. The average molecular weight is 270 g/mol. The molecule has 1 N–H and O–H groups in total. The van der Waals surface area contributed by atoms with Gasteiger partial charge in [0.15, 0.2) is 0 Å². The molecule has 4 nitrogen and oxygen atoms in total. The van der Waals surface area contributed by atoms with Crippen molar-refractivity contribution < 1.29 is 9.36 Å². The van der Waals surface area contributed by atoms with E-state index in [0.717, 1.165) is 38.5 Å².